The van der Waals surface area contributed by atoms with E-state index in [0.29, 0.717) is 57.6 Å². The molecule has 8 heterocycles. The molecule has 0 atom stereocenters. The van der Waals surface area contributed by atoms with Crippen LogP contribution in [-0.2, 0) is 75.9 Å². The zero-order valence-electron chi connectivity index (χ0n) is 78.7. The zero-order chi connectivity index (χ0) is 93.4. The van der Waals surface area contributed by atoms with Crippen molar-refractivity contribution in [3.05, 3.63) is 289 Å². The number of rotatable bonds is 8. The molecule has 0 aliphatic carbocycles. The van der Waals surface area contributed by atoms with Crippen molar-refractivity contribution >= 4 is 119 Å². The Bertz CT molecular complexity index is 6760. The summed E-state index contributed by atoms with van der Waals surface area (Å²) in [5, 5.41) is 26.3. The molecule has 18 aromatic rings. The molecular weight excluding hydrogens is 1890 g/mol. The normalized spacial score (nSPS) is 13.5. The second-order valence-corrected chi connectivity index (χ2v) is 34.1. The third kappa shape index (κ3) is 21.4. The number of aliphatic hydroxyl groups excluding tert-OH is 2. The van der Waals surface area contributed by atoms with Gasteiger partial charge in [-0.2, -0.15) is 21.6 Å². The van der Waals surface area contributed by atoms with Crippen molar-refractivity contribution < 1.29 is 108 Å². The van der Waals surface area contributed by atoms with Gasteiger partial charge < -0.3 is 42.8 Å². The second-order valence-electron chi connectivity index (χ2n) is 32.7. The van der Waals surface area contributed by atoms with Gasteiger partial charge in [-0.3, -0.25) is 9.54 Å². The molecular formula is C101H98F3Ir2N4O9S-3. The van der Waals surface area contributed by atoms with E-state index in [9.17, 15) is 13.2 Å². The van der Waals surface area contributed by atoms with Crippen molar-refractivity contribution in [3.63, 3.8) is 0 Å². The molecule has 0 saturated heterocycles. The van der Waals surface area contributed by atoms with E-state index in [4.69, 9.17) is 54.6 Å². The Morgan fingerprint density at radius 3 is 1.10 bits per heavy atom. The van der Waals surface area contributed by atoms with E-state index >= 15 is 0 Å². The van der Waals surface area contributed by atoms with Crippen LogP contribution in [0.2, 0.25) is 0 Å². The molecule has 18 rings (SSSR count). The van der Waals surface area contributed by atoms with Crippen LogP contribution in [0.25, 0.3) is 154 Å². The Morgan fingerprint density at radius 1 is 0.375 bits per heavy atom. The number of halogens is 3. The number of aromatic nitrogens is 4. The molecule has 0 saturated carbocycles. The van der Waals surface area contributed by atoms with Crippen molar-refractivity contribution in [3.8, 4) is 45.0 Å². The number of aliphatic hydroxyl groups is 2. The van der Waals surface area contributed by atoms with Crippen LogP contribution in [0.15, 0.2) is 255 Å². The van der Waals surface area contributed by atoms with E-state index < -0.39 is 52.9 Å². The monoisotopic (exact) mass is 2000 g/mol. The zero-order valence-corrected chi connectivity index (χ0v) is 74.3. The van der Waals surface area contributed by atoms with Gasteiger partial charge >= 0.3 is 15.6 Å². The maximum atomic E-state index is 10.7. The van der Waals surface area contributed by atoms with Crippen LogP contribution in [-0.4, -0.2) is 62.8 Å². The number of benzene rings is 10. The summed E-state index contributed by atoms with van der Waals surface area (Å²) in [6.07, 6.45) is 4.70. The third-order valence-corrected chi connectivity index (χ3v) is 19.3. The summed E-state index contributed by atoms with van der Waals surface area (Å²) >= 11 is 0. The van der Waals surface area contributed by atoms with Gasteiger partial charge in [-0.15, -0.1) is 90.0 Å². The summed E-state index contributed by atoms with van der Waals surface area (Å²) in [7, 11) is -3.84. The summed E-state index contributed by atoms with van der Waals surface area (Å²) in [5.41, 5.74) is 9.55. The molecule has 0 aliphatic rings. The summed E-state index contributed by atoms with van der Waals surface area (Å²) in [5.74, 6) is 0. The number of hydrogen-bond acceptors (Lipinski definition) is 12. The average molecular weight is 2000 g/mol. The first-order valence-corrected chi connectivity index (χ1v) is 39.6. The van der Waals surface area contributed by atoms with Crippen molar-refractivity contribution in [1.82, 2.24) is 19.9 Å². The summed E-state index contributed by atoms with van der Waals surface area (Å²) < 4.78 is 164. The van der Waals surface area contributed by atoms with Crippen molar-refractivity contribution in [2.75, 3.05) is 14.2 Å². The van der Waals surface area contributed by atoms with Crippen LogP contribution in [0.3, 0.4) is 0 Å². The van der Waals surface area contributed by atoms with E-state index in [2.05, 4.69) is 146 Å². The third-order valence-electron chi connectivity index (χ3n) is 18.7. The van der Waals surface area contributed by atoms with Crippen molar-refractivity contribution in [2.24, 2.45) is 21.7 Å². The minimum Gasteiger partial charge on any atom is -0.500 e. The van der Waals surface area contributed by atoms with Gasteiger partial charge in [-0.25, -0.2) is 0 Å². The Labute approximate surface area is 740 Å². The van der Waals surface area contributed by atoms with E-state index in [0.717, 1.165) is 157 Å². The van der Waals surface area contributed by atoms with Crippen molar-refractivity contribution in [1.29, 1.82) is 0 Å². The van der Waals surface area contributed by atoms with Crippen LogP contribution in [0, 0.1) is 53.6 Å². The van der Waals surface area contributed by atoms with Gasteiger partial charge in [-0.1, -0.05) is 185 Å². The van der Waals surface area contributed by atoms with E-state index in [1.807, 2.05) is 187 Å². The predicted octanol–water partition coefficient (Wildman–Crippen LogP) is 26.9. The number of furan rings is 4. The van der Waals surface area contributed by atoms with E-state index in [1.54, 1.807) is 12.4 Å². The largest absolute Gasteiger partial charge is 0.522 e. The van der Waals surface area contributed by atoms with Crippen LogP contribution in [0.1, 0.15) is 130 Å². The van der Waals surface area contributed by atoms with Gasteiger partial charge in [0.2, 0.25) is 0 Å². The summed E-state index contributed by atoms with van der Waals surface area (Å²) in [6.45, 7) is 19.6. The minimum absolute atomic E-state index is 0. The van der Waals surface area contributed by atoms with Gasteiger partial charge in [-0.05, 0) is 173 Å². The van der Waals surface area contributed by atoms with Gasteiger partial charge in [0.1, 0.15) is 39.1 Å². The molecule has 0 unspecified atom stereocenters. The SMILES string of the molecule is CO.CO.O=S(=O)(O)C(F)(F)F.[2H]C([2H])([2H])c1cnc(-c2[c-]ccc3c2oc2c3ccc3c2ccc2c4ccccc4oc23)cc1CC(C)(C)C.[2H]C([2H])([2H])c1cnc(-c2cccc3c2oc2c3ccc3c2ccc2c4ccccc4oc23)cc1CC(C)(C)C.[2H]C([2H])(c1ccc(-c2[c-]cccc2)nc1)C(C)(C)C.[2H]C([2H])(c1ccc(-c2[c-]cccc2)nc1)C(C)(C)C.[Ir].[Ir]. The molecule has 19 heteroatoms. The molecule has 13 nitrogen and oxygen atoms in total. The van der Waals surface area contributed by atoms with Crippen LogP contribution in [0.5, 0.6) is 0 Å². The Hall–Kier alpha value is -10.6. The average Bonchev–Trinajstić information content (AvgIpc) is 1.57. The molecule has 0 spiro atoms. The number of aryl methyl sites for hydroxylation is 2. The molecule has 10 aromatic carbocycles. The summed E-state index contributed by atoms with van der Waals surface area (Å²) in [4.78, 5) is 17.9. The van der Waals surface area contributed by atoms with Gasteiger partial charge in [0.25, 0.3) is 0 Å². The van der Waals surface area contributed by atoms with Crippen LogP contribution in [0.4, 0.5) is 13.2 Å². The van der Waals surface area contributed by atoms with E-state index in [1.165, 1.54) is 12.4 Å². The first-order valence-electron chi connectivity index (χ1n) is 43.1. The number of para-hydroxylation sites is 3. The fourth-order valence-electron chi connectivity index (χ4n) is 14.0. The molecule has 0 fully saturated rings. The maximum absolute atomic E-state index is 10.7. The molecule has 8 aromatic heterocycles. The fraction of sp³-hybridized carbons (Fsp3) is 0.248. The number of pyridine rings is 4. The number of nitrogens with zero attached hydrogens (tertiary/aromatic N) is 4. The molecule has 624 valence electrons. The molecule has 0 amide bonds. The fourth-order valence-corrected chi connectivity index (χ4v) is 14.0. The Morgan fingerprint density at radius 2 is 0.725 bits per heavy atom. The molecule has 0 aliphatic heterocycles. The first kappa shape index (κ1) is 78.0. The van der Waals surface area contributed by atoms with Crippen molar-refractivity contribution in [2.45, 2.75) is 128 Å². The molecule has 0 bridgehead atoms. The van der Waals surface area contributed by atoms with Crippen LogP contribution < -0.4 is 0 Å². The first-order chi connectivity index (χ1) is 60.1. The number of alkyl halides is 3. The standard InChI is InChI=1S/C33H27NO2.C33H26NO2.2C16H18N.CHF3O3S.2CH4O.2Ir/c2*1-19-18-34-28(16-20(19)17-33(2,3)4)27-10-7-9-22-24-14-15-25-26(31(24)36-32(22)27)13-12-23-21-8-5-6-11-29(21)35-30(23)25;2*1-16(2,3)11-13-9-10-15(17-12-13)14-7-5-4-6-8-14;2-1(3,4)8(5,6)7;2*1-2;;/h5-16,18H,17H2,1-4H3;5-9,11-16,18H,17H2,1-4H3;2*4-7,9-10,12H,11H2,1-3H3;(H,5,6,7);2*2H,1H3;;/q;3*-1;;;;;/i2*1D3;2*11D2;;;;;. The Balaban J connectivity index is 0.000000180. The smallest absolute Gasteiger partial charge is 0.500 e. The molecule has 3 N–H and O–H groups in total. The Kier molecular flexibility index (Phi) is 24.7. The van der Waals surface area contributed by atoms with Gasteiger partial charge in [0, 0.05) is 158 Å². The quantitative estimate of drug-likeness (QED) is 0.0738. The number of fused-ring (bicyclic) bond motifs is 18. The van der Waals surface area contributed by atoms with Crippen LogP contribution >= 0.6 is 0 Å². The topological polar surface area (TPSA) is 199 Å². The maximum Gasteiger partial charge on any atom is 0.522 e. The van der Waals surface area contributed by atoms with E-state index in [-0.39, 0.29) is 51.0 Å². The second kappa shape index (κ2) is 38.0. The van der Waals surface area contributed by atoms with Gasteiger partial charge in [0.15, 0.2) is 0 Å². The molecule has 120 heavy (non-hydrogen) atoms. The molecule has 2 radical (unpaired) electrons. The predicted molar refractivity (Wildman–Crippen MR) is 475 cm³/mol. The summed E-state index contributed by atoms with van der Waals surface area (Å²) in [6, 6.07) is 78.8. The number of hydrogen-bond donors (Lipinski definition) is 3. The minimum atomic E-state index is -5.84. The van der Waals surface area contributed by atoms with Gasteiger partial charge in [0.05, 0.1) is 11.3 Å².